The first-order valence-corrected chi connectivity index (χ1v) is 9.92. The summed E-state index contributed by atoms with van der Waals surface area (Å²) in [6.45, 7) is 3.74. The summed E-state index contributed by atoms with van der Waals surface area (Å²) in [5.74, 6) is -1.18. The Bertz CT molecular complexity index is 917. The third-order valence-corrected chi connectivity index (χ3v) is 5.99. The molecule has 0 aliphatic rings. The Hall–Kier alpha value is -2.65. The van der Waals surface area contributed by atoms with Gasteiger partial charge in [-0.1, -0.05) is 19.9 Å². The number of carbonyl (C=O) groups is 2. The molecule has 0 unspecified atom stereocenters. The molecule has 1 amide bonds. The van der Waals surface area contributed by atoms with Gasteiger partial charge in [-0.05, 0) is 30.3 Å². The molecule has 1 N–H and O–H groups in total. The summed E-state index contributed by atoms with van der Waals surface area (Å²) in [7, 11) is -1.93. The van der Waals surface area contributed by atoms with E-state index in [4.69, 9.17) is 4.74 Å². The standard InChI is InChI=1S/C18H23N3O5S/c1-4-21(5-2)27(24,25)15-9-6-8-14(12-15)19-17(22)13-26-18(23)16-10-7-11-20(16)3/h6-12H,4-5,13H2,1-3H3,(H,19,22). The quantitative estimate of drug-likeness (QED) is 0.690. The monoisotopic (exact) mass is 393 g/mol. The van der Waals surface area contributed by atoms with Crippen LogP contribution in [-0.2, 0) is 26.6 Å². The second kappa shape index (κ2) is 8.83. The van der Waals surface area contributed by atoms with Gasteiger partial charge in [0, 0.05) is 32.0 Å². The molecule has 0 fully saturated rings. The lowest BCUT2D eigenvalue weighted by atomic mass is 10.3. The fourth-order valence-electron chi connectivity index (χ4n) is 2.52. The van der Waals surface area contributed by atoms with Crippen LogP contribution >= 0.6 is 0 Å². The summed E-state index contributed by atoms with van der Waals surface area (Å²) in [5.41, 5.74) is 0.637. The summed E-state index contributed by atoms with van der Waals surface area (Å²) in [5, 5.41) is 2.54. The maximum Gasteiger partial charge on any atom is 0.355 e. The molecule has 1 aromatic heterocycles. The lowest BCUT2D eigenvalue weighted by Crippen LogP contribution is -2.30. The third-order valence-electron chi connectivity index (χ3n) is 3.95. The Labute approximate surface area is 158 Å². The van der Waals surface area contributed by atoms with Gasteiger partial charge in [0.15, 0.2) is 6.61 Å². The van der Waals surface area contributed by atoms with Crippen molar-refractivity contribution in [2.45, 2.75) is 18.7 Å². The predicted molar refractivity (Wildman–Crippen MR) is 101 cm³/mol. The second-order valence-corrected chi connectivity index (χ2v) is 7.68. The van der Waals surface area contributed by atoms with E-state index < -0.39 is 28.5 Å². The largest absolute Gasteiger partial charge is 0.451 e. The molecule has 27 heavy (non-hydrogen) atoms. The van der Waals surface area contributed by atoms with Crippen LogP contribution in [0.15, 0.2) is 47.5 Å². The molecule has 0 saturated carbocycles. The Morgan fingerprint density at radius 2 is 1.85 bits per heavy atom. The molecule has 2 aromatic rings. The molecule has 0 bridgehead atoms. The molecule has 9 heteroatoms. The van der Waals surface area contributed by atoms with Crippen molar-refractivity contribution in [3.05, 3.63) is 48.3 Å². The highest BCUT2D eigenvalue weighted by molar-refractivity contribution is 7.89. The van der Waals surface area contributed by atoms with Crippen molar-refractivity contribution >= 4 is 27.6 Å². The number of rotatable bonds is 8. The number of sulfonamides is 1. The number of hydrogen-bond donors (Lipinski definition) is 1. The van der Waals surface area contributed by atoms with Crippen molar-refractivity contribution < 1.29 is 22.7 Å². The summed E-state index contributed by atoms with van der Waals surface area (Å²) in [6, 6.07) is 9.24. The highest BCUT2D eigenvalue weighted by atomic mass is 32.2. The van der Waals surface area contributed by atoms with E-state index in [1.54, 1.807) is 55.9 Å². The molecular formula is C18H23N3O5S. The van der Waals surface area contributed by atoms with E-state index in [0.717, 1.165) is 0 Å². The Kier molecular flexibility index (Phi) is 6.75. The van der Waals surface area contributed by atoms with Crippen LogP contribution in [0.2, 0.25) is 0 Å². The van der Waals surface area contributed by atoms with Gasteiger partial charge in [-0.3, -0.25) is 4.79 Å². The van der Waals surface area contributed by atoms with Crippen molar-refractivity contribution in [3.63, 3.8) is 0 Å². The minimum Gasteiger partial charge on any atom is -0.451 e. The van der Waals surface area contributed by atoms with Crippen LogP contribution < -0.4 is 5.32 Å². The van der Waals surface area contributed by atoms with Crippen LogP contribution in [0.5, 0.6) is 0 Å². The Morgan fingerprint density at radius 3 is 2.44 bits per heavy atom. The molecule has 0 saturated heterocycles. The number of carbonyl (C=O) groups excluding carboxylic acids is 2. The van der Waals surface area contributed by atoms with Gasteiger partial charge in [0.25, 0.3) is 5.91 Å². The highest BCUT2D eigenvalue weighted by Crippen LogP contribution is 2.19. The predicted octanol–water partition coefficient (Wildman–Crippen LogP) is 1.85. The van der Waals surface area contributed by atoms with Crippen molar-refractivity contribution in [2.75, 3.05) is 25.0 Å². The molecule has 0 radical (unpaired) electrons. The maximum absolute atomic E-state index is 12.6. The second-order valence-electron chi connectivity index (χ2n) is 5.75. The Morgan fingerprint density at radius 1 is 1.15 bits per heavy atom. The summed E-state index contributed by atoms with van der Waals surface area (Å²) < 4.78 is 33.0. The lowest BCUT2D eigenvalue weighted by molar-refractivity contribution is -0.119. The van der Waals surface area contributed by atoms with E-state index in [0.29, 0.717) is 24.5 Å². The smallest absolute Gasteiger partial charge is 0.355 e. The van der Waals surface area contributed by atoms with Gasteiger partial charge in [-0.2, -0.15) is 4.31 Å². The minimum atomic E-state index is -3.63. The topological polar surface area (TPSA) is 97.7 Å². The first-order valence-electron chi connectivity index (χ1n) is 8.48. The minimum absolute atomic E-state index is 0.0878. The van der Waals surface area contributed by atoms with Crippen LogP contribution in [0.25, 0.3) is 0 Å². The van der Waals surface area contributed by atoms with Crippen molar-refractivity contribution in [1.29, 1.82) is 0 Å². The van der Waals surface area contributed by atoms with Crippen LogP contribution in [0, 0.1) is 0 Å². The number of hydrogen-bond acceptors (Lipinski definition) is 5. The number of aromatic nitrogens is 1. The molecule has 0 aliphatic carbocycles. The number of nitrogens with one attached hydrogen (secondary N) is 1. The van der Waals surface area contributed by atoms with E-state index in [1.165, 1.54) is 16.4 Å². The number of esters is 1. The van der Waals surface area contributed by atoms with E-state index in [-0.39, 0.29) is 4.90 Å². The van der Waals surface area contributed by atoms with Gasteiger partial charge in [0.05, 0.1) is 4.90 Å². The number of nitrogens with zero attached hydrogens (tertiary/aromatic N) is 2. The summed E-state index contributed by atoms with van der Waals surface area (Å²) in [4.78, 5) is 24.0. The van der Waals surface area contributed by atoms with Crippen molar-refractivity contribution in [1.82, 2.24) is 8.87 Å². The van der Waals surface area contributed by atoms with Crippen LogP contribution in [0.1, 0.15) is 24.3 Å². The lowest BCUT2D eigenvalue weighted by Gasteiger charge is -2.18. The van der Waals surface area contributed by atoms with E-state index in [2.05, 4.69) is 5.32 Å². The molecule has 0 atom stereocenters. The van der Waals surface area contributed by atoms with Gasteiger partial charge in [-0.25, -0.2) is 13.2 Å². The highest BCUT2D eigenvalue weighted by Gasteiger charge is 2.22. The molecular weight excluding hydrogens is 370 g/mol. The van der Waals surface area contributed by atoms with Gasteiger partial charge in [0.2, 0.25) is 10.0 Å². The van der Waals surface area contributed by atoms with Crippen molar-refractivity contribution in [3.8, 4) is 0 Å². The molecule has 8 nitrogen and oxygen atoms in total. The van der Waals surface area contributed by atoms with Crippen molar-refractivity contribution in [2.24, 2.45) is 7.05 Å². The Balaban J connectivity index is 2.02. The molecule has 1 heterocycles. The van der Waals surface area contributed by atoms with Gasteiger partial charge < -0.3 is 14.6 Å². The number of aryl methyl sites for hydroxylation is 1. The zero-order chi connectivity index (χ0) is 20.0. The number of ether oxygens (including phenoxy) is 1. The molecule has 0 aliphatic heterocycles. The molecule has 146 valence electrons. The summed E-state index contributed by atoms with van der Waals surface area (Å²) in [6.07, 6.45) is 1.69. The summed E-state index contributed by atoms with van der Waals surface area (Å²) >= 11 is 0. The SMILES string of the molecule is CCN(CC)S(=O)(=O)c1cccc(NC(=O)COC(=O)c2cccn2C)c1. The third kappa shape index (κ3) is 4.95. The average Bonchev–Trinajstić information content (AvgIpc) is 3.07. The van der Waals surface area contributed by atoms with E-state index >= 15 is 0 Å². The van der Waals surface area contributed by atoms with Gasteiger partial charge in [-0.15, -0.1) is 0 Å². The van der Waals surface area contributed by atoms with Gasteiger partial charge >= 0.3 is 5.97 Å². The van der Waals surface area contributed by atoms with Crippen LogP contribution in [0.4, 0.5) is 5.69 Å². The first kappa shape index (κ1) is 20.7. The number of benzene rings is 1. The number of amides is 1. The number of anilines is 1. The zero-order valence-electron chi connectivity index (χ0n) is 15.5. The maximum atomic E-state index is 12.6. The van der Waals surface area contributed by atoms with Crippen LogP contribution in [0.3, 0.4) is 0 Å². The average molecular weight is 393 g/mol. The van der Waals surface area contributed by atoms with E-state index in [1.807, 2.05) is 0 Å². The normalized spacial score (nSPS) is 11.4. The van der Waals surface area contributed by atoms with E-state index in [9.17, 15) is 18.0 Å². The zero-order valence-corrected chi connectivity index (χ0v) is 16.3. The first-order chi connectivity index (χ1) is 12.8. The van der Waals surface area contributed by atoms with Gasteiger partial charge in [0.1, 0.15) is 5.69 Å². The fourth-order valence-corrected chi connectivity index (χ4v) is 4.03. The molecule has 2 rings (SSSR count). The molecule has 0 spiro atoms. The molecule has 1 aromatic carbocycles. The van der Waals surface area contributed by atoms with Crippen LogP contribution in [-0.4, -0.2) is 48.9 Å². The fraction of sp³-hybridized carbons (Fsp3) is 0.333.